The van der Waals surface area contributed by atoms with Crippen LogP contribution in [0.4, 0.5) is 0 Å². The summed E-state index contributed by atoms with van der Waals surface area (Å²) in [5, 5.41) is 8.85. The smallest absolute Gasteiger partial charge is 0.337 e. The van der Waals surface area contributed by atoms with Gasteiger partial charge in [0.05, 0.1) is 39.1 Å². The highest BCUT2D eigenvalue weighted by Crippen LogP contribution is 2.22. The summed E-state index contributed by atoms with van der Waals surface area (Å²) in [4.78, 5) is 22.8. The minimum atomic E-state index is -0.487. The van der Waals surface area contributed by atoms with Crippen molar-refractivity contribution in [2.24, 2.45) is 0 Å². The van der Waals surface area contributed by atoms with Crippen molar-refractivity contribution in [1.29, 1.82) is 0 Å². The first-order chi connectivity index (χ1) is 18.1. The molecule has 0 saturated carbocycles. The number of hydrogen-bond donors (Lipinski definition) is 1. The Labute approximate surface area is 233 Å². The predicted molar refractivity (Wildman–Crippen MR) is 153 cm³/mol. The fourth-order valence-electron chi connectivity index (χ4n) is 2.62. The summed E-state index contributed by atoms with van der Waals surface area (Å²) in [6, 6.07) is 13.7. The molecule has 2 aromatic carbocycles. The molecule has 0 bridgehead atoms. The Balaban J connectivity index is 1.31. The van der Waals surface area contributed by atoms with Gasteiger partial charge in [0.2, 0.25) is 0 Å². The van der Waals surface area contributed by atoms with Gasteiger partial charge in [0.1, 0.15) is 24.9 Å². The molecule has 8 nitrogen and oxygen atoms in total. The summed E-state index contributed by atoms with van der Waals surface area (Å²) in [7, 11) is 8.25. The largest absolute Gasteiger partial charge is 0.493 e. The fourth-order valence-corrected chi connectivity index (χ4v) is 6.00. The van der Waals surface area contributed by atoms with Gasteiger partial charge in [0.25, 0.3) is 0 Å². The average molecular weight is 589 g/mol. The van der Waals surface area contributed by atoms with E-state index < -0.39 is 6.61 Å². The van der Waals surface area contributed by atoms with Gasteiger partial charge in [0.15, 0.2) is 5.78 Å². The first-order valence-corrected chi connectivity index (χ1v) is 16.4. The molecule has 0 saturated heterocycles. The minimum Gasteiger partial charge on any atom is -0.493 e. The molecule has 37 heavy (non-hydrogen) atoms. The summed E-state index contributed by atoms with van der Waals surface area (Å²) in [5.41, 5.74) is 0.980. The molecule has 0 atom stereocenters. The molecule has 0 heterocycles. The Morgan fingerprint density at radius 2 is 1.11 bits per heavy atom. The Kier molecular flexibility index (Phi) is 17.5. The maximum atomic E-state index is 11.4. The van der Waals surface area contributed by atoms with Gasteiger partial charge in [0, 0.05) is 28.6 Å². The quantitative estimate of drug-likeness (QED) is 0.0709. The molecule has 0 aliphatic carbocycles. The van der Waals surface area contributed by atoms with E-state index in [1.54, 1.807) is 91.7 Å². The third-order valence-electron chi connectivity index (χ3n) is 4.42. The fraction of sp³-hybridized carbons (Fsp3) is 0.440. The zero-order valence-electron chi connectivity index (χ0n) is 20.6. The van der Waals surface area contributed by atoms with E-state index in [4.69, 9.17) is 24.1 Å². The predicted octanol–water partition coefficient (Wildman–Crippen LogP) is 4.86. The van der Waals surface area contributed by atoms with Crippen molar-refractivity contribution in [3.63, 3.8) is 0 Å². The van der Waals surface area contributed by atoms with Crippen molar-refractivity contribution >= 4 is 54.9 Å². The molecule has 204 valence electrons. The van der Waals surface area contributed by atoms with E-state index in [0.29, 0.717) is 50.1 Å². The first kappa shape index (κ1) is 31.7. The number of ether oxygens (including phenoxy) is 5. The standard InChI is InChI=1S/C25H32O8S4/c1-29-25(28)21-4-8-23(9-5-21)33-13-17-37-35-15-11-31-19-30-10-14-34-36-16-12-32-22-6-2-20(3-7-22)24(27)18-26/h2-9,26H,10-19H2,1H3. The number of Topliss-reactive ketones (excluding diaryl/α,β-unsaturated/α-hetero) is 1. The van der Waals surface area contributed by atoms with Crippen molar-refractivity contribution < 1.29 is 38.4 Å². The molecule has 0 fully saturated rings. The van der Waals surface area contributed by atoms with Crippen molar-refractivity contribution in [2.45, 2.75) is 0 Å². The van der Waals surface area contributed by atoms with Gasteiger partial charge in [-0.2, -0.15) is 0 Å². The Morgan fingerprint density at radius 3 is 1.54 bits per heavy atom. The van der Waals surface area contributed by atoms with Crippen LogP contribution in [0.3, 0.4) is 0 Å². The zero-order valence-corrected chi connectivity index (χ0v) is 23.9. The van der Waals surface area contributed by atoms with Crippen LogP contribution in [-0.2, 0) is 14.2 Å². The van der Waals surface area contributed by atoms with Crippen LogP contribution in [0.15, 0.2) is 48.5 Å². The number of carbonyl (C=O) groups excluding carboxylic acids is 2. The number of ketones is 1. The Morgan fingerprint density at radius 1 is 0.676 bits per heavy atom. The number of aliphatic hydroxyl groups is 1. The summed E-state index contributed by atoms with van der Waals surface area (Å²) in [5.74, 6) is 4.18. The zero-order chi connectivity index (χ0) is 26.6. The highest BCUT2D eigenvalue weighted by Gasteiger charge is 2.05. The molecule has 2 aromatic rings. The topological polar surface area (TPSA) is 101 Å². The second-order valence-electron chi connectivity index (χ2n) is 7.04. The maximum Gasteiger partial charge on any atom is 0.337 e. The van der Waals surface area contributed by atoms with E-state index in [0.717, 1.165) is 28.8 Å². The minimum absolute atomic E-state index is 0.291. The van der Waals surface area contributed by atoms with E-state index >= 15 is 0 Å². The number of hydrogen-bond acceptors (Lipinski definition) is 12. The molecule has 0 aromatic heterocycles. The molecular formula is C25H32O8S4. The maximum absolute atomic E-state index is 11.4. The molecule has 0 unspecified atom stereocenters. The second-order valence-corrected chi connectivity index (χ2v) is 12.4. The van der Waals surface area contributed by atoms with Gasteiger partial charge in [-0.05, 0) is 48.5 Å². The summed E-state index contributed by atoms with van der Waals surface area (Å²) in [6.45, 7) is 2.21. The second kappa shape index (κ2) is 20.4. The average Bonchev–Trinajstić information content (AvgIpc) is 2.94. The molecule has 0 spiro atoms. The van der Waals surface area contributed by atoms with E-state index in [9.17, 15) is 9.59 Å². The van der Waals surface area contributed by atoms with E-state index in [2.05, 4.69) is 4.74 Å². The lowest BCUT2D eigenvalue weighted by Crippen LogP contribution is -2.05. The summed E-state index contributed by atoms with van der Waals surface area (Å²) < 4.78 is 26.9. The van der Waals surface area contributed by atoms with Crippen LogP contribution in [-0.4, -0.2) is 86.8 Å². The van der Waals surface area contributed by atoms with Crippen LogP contribution in [0.5, 0.6) is 11.5 Å². The first-order valence-electron chi connectivity index (χ1n) is 11.5. The summed E-state index contributed by atoms with van der Waals surface area (Å²) >= 11 is 0. The van der Waals surface area contributed by atoms with E-state index in [-0.39, 0.29) is 11.8 Å². The molecule has 2 rings (SSSR count). The highest BCUT2D eigenvalue weighted by molar-refractivity contribution is 8.77. The van der Waals surface area contributed by atoms with Crippen LogP contribution in [0.1, 0.15) is 20.7 Å². The number of benzene rings is 2. The van der Waals surface area contributed by atoms with Crippen LogP contribution in [0.25, 0.3) is 0 Å². The summed E-state index contributed by atoms with van der Waals surface area (Å²) in [6.07, 6.45) is 0. The lowest BCUT2D eigenvalue weighted by atomic mass is 10.1. The molecular weight excluding hydrogens is 557 g/mol. The SMILES string of the molecule is COC(=O)c1ccc(OCCSSCCOCOCCSSCCOc2ccc(C(=O)CO)cc2)cc1. The highest BCUT2D eigenvalue weighted by atomic mass is 33.1. The Bertz CT molecular complexity index is 823. The van der Waals surface area contributed by atoms with Crippen LogP contribution in [0.2, 0.25) is 0 Å². The van der Waals surface area contributed by atoms with Gasteiger partial charge in [-0.15, -0.1) is 0 Å². The lowest BCUT2D eigenvalue weighted by molar-refractivity contribution is -0.0425. The van der Waals surface area contributed by atoms with Gasteiger partial charge in [-0.25, -0.2) is 4.79 Å². The van der Waals surface area contributed by atoms with E-state index in [1.807, 2.05) is 0 Å². The number of aliphatic hydroxyl groups excluding tert-OH is 1. The molecule has 0 radical (unpaired) electrons. The monoisotopic (exact) mass is 588 g/mol. The number of carbonyl (C=O) groups is 2. The van der Waals surface area contributed by atoms with Crippen molar-refractivity contribution in [2.75, 3.05) is 69.9 Å². The third-order valence-corrected chi connectivity index (χ3v) is 9.09. The normalized spacial score (nSPS) is 10.8. The molecule has 0 amide bonds. The molecule has 1 N–H and O–H groups in total. The number of rotatable bonds is 21. The number of methoxy groups -OCH3 is 1. The van der Waals surface area contributed by atoms with Crippen LogP contribution >= 0.6 is 43.2 Å². The Hall–Kier alpha value is -1.54. The van der Waals surface area contributed by atoms with Gasteiger partial charge >= 0.3 is 5.97 Å². The van der Waals surface area contributed by atoms with Gasteiger partial charge in [-0.3, -0.25) is 4.79 Å². The lowest BCUT2D eigenvalue weighted by Gasteiger charge is -2.08. The van der Waals surface area contributed by atoms with Crippen molar-refractivity contribution in [1.82, 2.24) is 0 Å². The molecule has 0 aliphatic heterocycles. The van der Waals surface area contributed by atoms with Crippen molar-refractivity contribution in [3.8, 4) is 11.5 Å². The van der Waals surface area contributed by atoms with Crippen LogP contribution < -0.4 is 9.47 Å². The van der Waals surface area contributed by atoms with E-state index in [1.165, 1.54) is 7.11 Å². The van der Waals surface area contributed by atoms with Gasteiger partial charge < -0.3 is 28.8 Å². The number of esters is 1. The van der Waals surface area contributed by atoms with Crippen molar-refractivity contribution in [3.05, 3.63) is 59.7 Å². The molecule has 12 heteroatoms. The molecule has 0 aliphatic rings. The van der Waals surface area contributed by atoms with Crippen LogP contribution in [0, 0.1) is 0 Å². The van der Waals surface area contributed by atoms with Gasteiger partial charge in [-0.1, -0.05) is 43.2 Å². The third kappa shape index (κ3) is 14.3.